The molecule has 2 aliphatic heterocycles. The number of carbonyl (C=O) groups is 1. The minimum Gasteiger partial charge on any atom is -0.386 e. The molecule has 4 heterocycles. The lowest BCUT2D eigenvalue weighted by atomic mass is 9.76. The number of nitrogens with one attached hydrogen (secondary N) is 2. The van der Waals surface area contributed by atoms with E-state index in [1.165, 1.54) is 6.07 Å². The molecule has 0 unspecified atom stereocenters. The number of likely N-dealkylation sites (N-methyl/N-ethyl adjacent to an activating group) is 1. The van der Waals surface area contributed by atoms with Gasteiger partial charge in [0.25, 0.3) is 0 Å². The predicted octanol–water partition coefficient (Wildman–Crippen LogP) is 4.46. The van der Waals surface area contributed by atoms with Crippen LogP contribution in [0.15, 0.2) is 30.5 Å². The van der Waals surface area contributed by atoms with Gasteiger partial charge in [0.05, 0.1) is 27.8 Å². The van der Waals surface area contributed by atoms with Gasteiger partial charge in [-0.05, 0) is 37.1 Å². The maximum absolute atomic E-state index is 15.2. The summed E-state index contributed by atoms with van der Waals surface area (Å²) in [7, 11) is 3.88. The number of pyridine rings is 1. The second-order valence-corrected chi connectivity index (χ2v) is 10.8. The van der Waals surface area contributed by atoms with Gasteiger partial charge in [-0.15, -0.1) is 0 Å². The normalized spacial score (nSPS) is 23.4. The highest BCUT2D eigenvalue weighted by atomic mass is 19.1. The molecule has 0 saturated carbocycles. The molecule has 0 radical (unpaired) electrons. The van der Waals surface area contributed by atoms with Gasteiger partial charge in [-0.25, -0.2) is 9.37 Å². The van der Waals surface area contributed by atoms with E-state index in [2.05, 4.69) is 47.1 Å². The standard InChI is InChI=1S/C28H29FN6O/c1-28(2)7-5-16(36)9-19(28)18-12-32-27-24(26(18)35-8-6-15-13-34(4)14-22(15)35)23-17(11-30)20(29)10-21(31-3)25(23)33-27/h5,7,9-10,12,15,22,31H,6,8,13-14H2,1-4H3,(H,32,33)/t15-,22+/m0/s1. The van der Waals surface area contributed by atoms with Gasteiger partial charge in [-0.1, -0.05) is 19.9 Å². The lowest BCUT2D eigenvalue weighted by Gasteiger charge is -2.34. The molecular weight excluding hydrogens is 455 g/mol. The van der Waals surface area contributed by atoms with Crippen LogP contribution in [-0.4, -0.2) is 60.4 Å². The number of ketones is 1. The van der Waals surface area contributed by atoms with Crippen LogP contribution in [-0.2, 0) is 4.79 Å². The average molecular weight is 485 g/mol. The van der Waals surface area contributed by atoms with E-state index in [1.54, 1.807) is 19.2 Å². The maximum atomic E-state index is 15.2. The van der Waals surface area contributed by atoms with Crippen LogP contribution in [0.5, 0.6) is 0 Å². The summed E-state index contributed by atoms with van der Waals surface area (Å²) in [6.45, 7) is 6.99. The highest BCUT2D eigenvalue weighted by molar-refractivity contribution is 6.20. The molecule has 2 fully saturated rings. The van der Waals surface area contributed by atoms with Gasteiger partial charge in [0.1, 0.15) is 17.5 Å². The van der Waals surface area contributed by atoms with Crippen molar-refractivity contribution in [3.05, 3.63) is 47.4 Å². The van der Waals surface area contributed by atoms with Crippen LogP contribution in [0.1, 0.15) is 31.4 Å². The SMILES string of the molecule is CNc1cc(F)c(C#N)c2c1[nH]c1ncc(C3=CC(=O)C=CC3(C)C)c(N3CC[C@H]4CN(C)C[C@H]43)c12. The van der Waals surface area contributed by atoms with E-state index in [1.807, 2.05) is 12.3 Å². The van der Waals surface area contributed by atoms with E-state index in [0.29, 0.717) is 34.2 Å². The first-order valence-electron chi connectivity index (χ1n) is 12.4. The van der Waals surface area contributed by atoms with Crippen molar-refractivity contribution in [2.45, 2.75) is 26.3 Å². The zero-order valence-corrected chi connectivity index (χ0v) is 20.9. The number of nitrogens with zero attached hydrogens (tertiary/aromatic N) is 4. The van der Waals surface area contributed by atoms with Crippen molar-refractivity contribution in [1.82, 2.24) is 14.9 Å². The fourth-order valence-electron chi connectivity index (χ4n) is 6.41. The Balaban J connectivity index is 1.74. The summed E-state index contributed by atoms with van der Waals surface area (Å²) < 4.78 is 15.2. The number of hydrogen-bond acceptors (Lipinski definition) is 6. The molecule has 2 atom stereocenters. The molecule has 3 aromatic rings. The Bertz CT molecular complexity index is 1540. The highest BCUT2D eigenvalue weighted by Gasteiger charge is 2.43. The predicted molar refractivity (Wildman–Crippen MR) is 140 cm³/mol. The number of halogens is 1. The number of rotatable bonds is 3. The third kappa shape index (κ3) is 3.19. The summed E-state index contributed by atoms with van der Waals surface area (Å²) in [5, 5.41) is 14.3. The molecule has 1 aliphatic carbocycles. The third-order valence-electron chi connectivity index (χ3n) is 8.16. The monoisotopic (exact) mass is 484 g/mol. The Kier molecular flexibility index (Phi) is 4.99. The summed E-state index contributed by atoms with van der Waals surface area (Å²) in [6, 6.07) is 3.75. The highest BCUT2D eigenvalue weighted by Crippen LogP contribution is 2.49. The Morgan fingerprint density at radius 1 is 1.31 bits per heavy atom. The van der Waals surface area contributed by atoms with Gasteiger partial charge in [0.15, 0.2) is 5.78 Å². The molecule has 0 spiro atoms. The number of aromatic amines is 1. The number of carbonyl (C=O) groups excluding carboxylic acids is 1. The lowest BCUT2D eigenvalue weighted by Crippen LogP contribution is -2.35. The molecular formula is C28H29FN6O. The van der Waals surface area contributed by atoms with Crippen molar-refractivity contribution < 1.29 is 9.18 Å². The topological polar surface area (TPSA) is 88.0 Å². The lowest BCUT2D eigenvalue weighted by molar-refractivity contribution is -0.110. The number of anilines is 2. The van der Waals surface area contributed by atoms with Crippen molar-refractivity contribution in [3.8, 4) is 6.07 Å². The number of nitriles is 1. The Morgan fingerprint density at radius 2 is 2.11 bits per heavy atom. The van der Waals surface area contributed by atoms with E-state index in [-0.39, 0.29) is 11.3 Å². The smallest absolute Gasteiger partial charge is 0.178 e. The minimum absolute atomic E-state index is 0.00240. The van der Waals surface area contributed by atoms with Crippen molar-refractivity contribution in [2.75, 3.05) is 43.9 Å². The van der Waals surface area contributed by atoms with Gasteiger partial charge in [-0.3, -0.25) is 4.79 Å². The molecule has 6 rings (SSSR count). The first kappa shape index (κ1) is 22.7. The summed E-state index contributed by atoms with van der Waals surface area (Å²) >= 11 is 0. The summed E-state index contributed by atoms with van der Waals surface area (Å²) in [4.78, 5) is 25.4. The largest absolute Gasteiger partial charge is 0.386 e. The maximum Gasteiger partial charge on any atom is 0.178 e. The number of benzene rings is 1. The molecule has 0 bridgehead atoms. The fourth-order valence-corrected chi connectivity index (χ4v) is 6.41. The molecule has 184 valence electrons. The summed E-state index contributed by atoms with van der Waals surface area (Å²) in [5.41, 5.74) is 4.12. The summed E-state index contributed by atoms with van der Waals surface area (Å²) in [5.74, 6) is -0.0940. The van der Waals surface area contributed by atoms with Crippen molar-refractivity contribution in [1.29, 1.82) is 5.26 Å². The quantitative estimate of drug-likeness (QED) is 0.571. The van der Waals surface area contributed by atoms with E-state index >= 15 is 4.39 Å². The number of allylic oxidation sites excluding steroid dienone is 4. The third-order valence-corrected chi connectivity index (χ3v) is 8.16. The van der Waals surface area contributed by atoms with Crippen LogP contribution >= 0.6 is 0 Å². The van der Waals surface area contributed by atoms with E-state index in [0.717, 1.165) is 48.3 Å². The molecule has 2 aromatic heterocycles. The molecule has 36 heavy (non-hydrogen) atoms. The molecule has 3 aliphatic rings. The van der Waals surface area contributed by atoms with E-state index < -0.39 is 11.2 Å². The minimum atomic E-state index is -0.568. The Morgan fingerprint density at radius 3 is 2.86 bits per heavy atom. The van der Waals surface area contributed by atoms with Crippen molar-refractivity contribution in [2.24, 2.45) is 11.3 Å². The van der Waals surface area contributed by atoms with Crippen LogP contribution in [0.4, 0.5) is 15.8 Å². The molecule has 2 N–H and O–H groups in total. The first-order valence-corrected chi connectivity index (χ1v) is 12.4. The molecule has 1 aromatic carbocycles. The Hall–Kier alpha value is -3.70. The van der Waals surface area contributed by atoms with Crippen LogP contribution in [0.3, 0.4) is 0 Å². The van der Waals surface area contributed by atoms with E-state index in [9.17, 15) is 10.1 Å². The van der Waals surface area contributed by atoms with E-state index in [4.69, 9.17) is 4.98 Å². The molecule has 0 amide bonds. The molecule has 2 saturated heterocycles. The van der Waals surface area contributed by atoms with Gasteiger partial charge in [0, 0.05) is 61.4 Å². The number of hydrogen-bond donors (Lipinski definition) is 2. The summed E-state index contributed by atoms with van der Waals surface area (Å²) in [6.07, 6.45) is 8.13. The van der Waals surface area contributed by atoms with Gasteiger partial charge >= 0.3 is 0 Å². The van der Waals surface area contributed by atoms with Crippen LogP contribution < -0.4 is 10.2 Å². The van der Waals surface area contributed by atoms with Gasteiger partial charge in [-0.2, -0.15) is 5.26 Å². The second-order valence-electron chi connectivity index (χ2n) is 10.8. The molecule has 8 heteroatoms. The number of fused-ring (bicyclic) bond motifs is 4. The average Bonchev–Trinajstić information content (AvgIpc) is 3.52. The zero-order valence-electron chi connectivity index (χ0n) is 20.9. The van der Waals surface area contributed by atoms with Crippen LogP contribution in [0, 0.1) is 28.5 Å². The van der Waals surface area contributed by atoms with Crippen LogP contribution in [0.2, 0.25) is 0 Å². The fraction of sp³-hybridized carbons (Fsp3) is 0.393. The number of aromatic nitrogens is 2. The number of likely N-dealkylation sites (tertiary alicyclic amines) is 1. The van der Waals surface area contributed by atoms with Crippen LogP contribution in [0.25, 0.3) is 27.5 Å². The van der Waals surface area contributed by atoms with Crippen molar-refractivity contribution >= 4 is 44.7 Å². The molecule has 7 nitrogen and oxygen atoms in total. The van der Waals surface area contributed by atoms with Gasteiger partial charge in [0.2, 0.25) is 0 Å². The Labute approximate surface area is 209 Å². The van der Waals surface area contributed by atoms with Gasteiger partial charge < -0.3 is 20.1 Å². The second kappa shape index (κ2) is 7.90. The zero-order chi connectivity index (χ0) is 25.4. The van der Waals surface area contributed by atoms with Crippen molar-refractivity contribution in [3.63, 3.8) is 0 Å². The number of H-pyrrole nitrogens is 1. The first-order chi connectivity index (χ1) is 17.2.